The summed E-state index contributed by atoms with van der Waals surface area (Å²) in [5.41, 5.74) is 1.59. The maximum absolute atomic E-state index is 12.9. The fourth-order valence-corrected chi connectivity index (χ4v) is 3.69. The van der Waals surface area contributed by atoms with Crippen LogP contribution in [0.5, 0.6) is 11.5 Å². The molecule has 7 heteroatoms. The highest BCUT2D eigenvalue weighted by Gasteiger charge is 2.29. The molecule has 3 amide bonds. The number of carbonyl (C=O) groups excluding carboxylic acids is 2. The zero-order valence-electron chi connectivity index (χ0n) is 17.7. The zero-order valence-corrected chi connectivity index (χ0v) is 17.7. The van der Waals surface area contributed by atoms with Crippen molar-refractivity contribution in [3.05, 3.63) is 54.1 Å². The molecule has 0 spiro atoms. The molecule has 1 heterocycles. The number of hydrogen-bond acceptors (Lipinski definition) is 4. The molecule has 160 valence electrons. The number of rotatable bonds is 6. The van der Waals surface area contributed by atoms with E-state index in [0.717, 1.165) is 24.1 Å². The molecule has 3 rings (SSSR count). The monoisotopic (exact) mass is 411 g/mol. The highest BCUT2D eigenvalue weighted by atomic mass is 16.5. The SMILES string of the molecule is COc1ccc(OC)c([C@H](C)NC(=O)[C@H]2CCCN(C(=O)Nc3ccccc3)C2)c1. The molecule has 1 aliphatic rings. The van der Waals surface area contributed by atoms with Crippen molar-refractivity contribution in [2.45, 2.75) is 25.8 Å². The molecule has 0 bridgehead atoms. The fourth-order valence-electron chi connectivity index (χ4n) is 3.69. The molecule has 2 aromatic carbocycles. The molecule has 30 heavy (non-hydrogen) atoms. The smallest absolute Gasteiger partial charge is 0.321 e. The Hall–Kier alpha value is -3.22. The molecule has 0 aromatic heterocycles. The first-order valence-electron chi connectivity index (χ1n) is 10.1. The largest absolute Gasteiger partial charge is 0.497 e. The average molecular weight is 412 g/mol. The molecule has 2 atom stereocenters. The second kappa shape index (κ2) is 10.0. The Morgan fingerprint density at radius 3 is 2.57 bits per heavy atom. The molecule has 0 unspecified atom stereocenters. The lowest BCUT2D eigenvalue weighted by Crippen LogP contribution is -2.47. The first-order valence-corrected chi connectivity index (χ1v) is 10.1. The Kier molecular flexibility index (Phi) is 7.17. The van der Waals surface area contributed by atoms with Crippen molar-refractivity contribution < 1.29 is 19.1 Å². The summed E-state index contributed by atoms with van der Waals surface area (Å²) in [4.78, 5) is 27.2. The van der Waals surface area contributed by atoms with Gasteiger partial charge in [0.25, 0.3) is 0 Å². The molecule has 2 aromatic rings. The summed E-state index contributed by atoms with van der Waals surface area (Å²) in [5.74, 6) is 1.08. The lowest BCUT2D eigenvalue weighted by atomic mass is 9.96. The number of piperidine rings is 1. The van der Waals surface area contributed by atoms with Crippen molar-refractivity contribution in [3.63, 3.8) is 0 Å². The molecular formula is C23H29N3O4. The van der Waals surface area contributed by atoms with Gasteiger partial charge in [0.05, 0.1) is 26.2 Å². The number of carbonyl (C=O) groups is 2. The van der Waals surface area contributed by atoms with Crippen LogP contribution in [0.15, 0.2) is 48.5 Å². The van der Waals surface area contributed by atoms with Crippen LogP contribution in [0.2, 0.25) is 0 Å². The minimum absolute atomic E-state index is 0.0652. The van der Waals surface area contributed by atoms with Crippen molar-refractivity contribution >= 4 is 17.6 Å². The number of nitrogens with one attached hydrogen (secondary N) is 2. The van der Waals surface area contributed by atoms with Crippen molar-refractivity contribution in [2.75, 3.05) is 32.6 Å². The Labute approximate surface area is 177 Å². The van der Waals surface area contributed by atoms with Crippen LogP contribution in [0.3, 0.4) is 0 Å². The lowest BCUT2D eigenvalue weighted by Gasteiger charge is -2.32. The Morgan fingerprint density at radius 2 is 1.87 bits per heavy atom. The van der Waals surface area contributed by atoms with Crippen LogP contribution >= 0.6 is 0 Å². The van der Waals surface area contributed by atoms with E-state index in [1.807, 2.05) is 55.5 Å². The van der Waals surface area contributed by atoms with E-state index >= 15 is 0 Å². The number of para-hydroxylation sites is 1. The maximum atomic E-state index is 12.9. The number of urea groups is 1. The Bertz CT molecular complexity index is 872. The third kappa shape index (κ3) is 5.23. The molecule has 1 aliphatic heterocycles. The van der Waals surface area contributed by atoms with Gasteiger partial charge in [-0.05, 0) is 50.1 Å². The maximum Gasteiger partial charge on any atom is 0.321 e. The minimum Gasteiger partial charge on any atom is -0.497 e. The van der Waals surface area contributed by atoms with Crippen molar-refractivity contribution in [1.29, 1.82) is 0 Å². The summed E-state index contributed by atoms with van der Waals surface area (Å²) in [5, 5.41) is 5.96. The normalized spacial score (nSPS) is 17.0. The quantitative estimate of drug-likeness (QED) is 0.757. The van der Waals surface area contributed by atoms with Gasteiger partial charge >= 0.3 is 6.03 Å². The van der Waals surface area contributed by atoms with E-state index in [0.29, 0.717) is 24.6 Å². The van der Waals surface area contributed by atoms with Crippen LogP contribution < -0.4 is 20.1 Å². The minimum atomic E-state index is -0.254. The van der Waals surface area contributed by atoms with Gasteiger partial charge in [0.2, 0.25) is 5.91 Å². The highest BCUT2D eigenvalue weighted by molar-refractivity contribution is 5.90. The Morgan fingerprint density at radius 1 is 1.10 bits per heavy atom. The number of amides is 3. The molecule has 1 saturated heterocycles. The lowest BCUT2D eigenvalue weighted by molar-refractivity contribution is -0.126. The van der Waals surface area contributed by atoms with Gasteiger partial charge in [0, 0.05) is 24.3 Å². The summed E-state index contributed by atoms with van der Waals surface area (Å²) in [6.45, 7) is 2.95. The van der Waals surface area contributed by atoms with E-state index in [-0.39, 0.29) is 23.9 Å². The topological polar surface area (TPSA) is 79.9 Å². The van der Waals surface area contributed by atoms with Crippen LogP contribution in [0.25, 0.3) is 0 Å². The van der Waals surface area contributed by atoms with E-state index in [4.69, 9.17) is 9.47 Å². The first kappa shape index (κ1) is 21.5. The number of benzene rings is 2. The van der Waals surface area contributed by atoms with Crippen molar-refractivity contribution in [3.8, 4) is 11.5 Å². The van der Waals surface area contributed by atoms with E-state index in [9.17, 15) is 9.59 Å². The van der Waals surface area contributed by atoms with Gasteiger partial charge in [0.15, 0.2) is 0 Å². The number of ether oxygens (including phenoxy) is 2. The van der Waals surface area contributed by atoms with Gasteiger partial charge < -0.3 is 25.0 Å². The summed E-state index contributed by atoms with van der Waals surface area (Å²) in [6, 6.07) is 14.4. The first-order chi connectivity index (χ1) is 14.5. The third-order valence-corrected chi connectivity index (χ3v) is 5.37. The highest BCUT2D eigenvalue weighted by Crippen LogP contribution is 2.30. The summed E-state index contributed by atoms with van der Waals surface area (Å²) >= 11 is 0. The molecule has 7 nitrogen and oxygen atoms in total. The predicted molar refractivity (Wildman–Crippen MR) is 116 cm³/mol. The van der Waals surface area contributed by atoms with Gasteiger partial charge in [-0.2, -0.15) is 0 Å². The molecule has 1 fully saturated rings. The average Bonchev–Trinajstić information content (AvgIpc) is 2.79. The molecule has 0 saturated carbocycles. The number of likely N-dealkylation sites (tertiary alicyclic amines) is 1. The van der Waals surface area contributed by atoms with Crippen molar-refractivity contribution in [2.24, 2.45) is 5.92 Å². The van der Waals surface area contributed by atoms with Crippen LogP contribution in [0.1, 0.15) is 31.4 Å². The Balaban J connectivity index is 1.62. The fraction of sp³-hybridized carbons (Fsp3) is 0.391. The van der Waals surface area contributed by atoms with Gasteiger partial charge in [-0.25, -0.2) is 4.79 Å². The number of methoxy groups -OCH3 is 2. The standard InChI is InChI=1S/C23H29N3O4/c1-16(20-14-19(29-2)11-12-21(20)30-3)24-22(27)17-8-7-13-26(15-17)23(28)25-18-9-5-4-6-10-18/h4-6,9-12,14,16-17H,7-8,13,15H2,1-3H3,(H,24,27)(H,25,28)/t16-,17-/m0/s1. The van der Waals surface area contributed by atoms with Gasteiger partial charge in [-0.1, -0.05) is 18.2 Å². The predicted octanol–water partition coefficient (Wildman–Crippen LogP) is 3.83. The van der Waals surface area contributed by atoms with Gasteiger partial charge in [-0.15, -0.1) is 0 Å². The molecular weight excluding hydrogens is 382 g/mol. The molecule has 0 aliphatic carbocycles. The third-order valence-electron chi connectivity index (χ3n) is 5.37. The van der Waals surface area contributed by atoms with E-state index < -0.39 is 0 Å². The molecule has 0 radical (unpaired) electrons. The van der Waals surface area contributed by atoms with Gasteiger partial charge in [-0.3, -0.25) is 4.79 Å². The van der Waals surface area contributed by atoms with Crippen LogP contribution in [0, 0.1) is 5.92 Å². The second-order valence-corrected chi connectivity index (χ2v) is 7.42. The van der Waals surface area contributed by atoms with E-state index in [1.165, 1.54) is 0 Å². The molecule has 2 N–H and O–H groups in total. The number of nitrogens with zero attached hydrogens (tertiary/aromatic N) is 1. The van der Waals surface area contributed by atoms with E-state index in [1.54, 1.807) is 19.1 Å². The second-order valence-electron chi connectivity index (χ2n) is 7.42. The van der Waals surface area contributed by atoms with Crippen molar-refractivity contribution in [1.82, 2.24) is 10.2 Å². The summed E-state index contributed by atoms with van der Waals surface area (Å²) < 4.78 is 10.7. The summed E-state index contributed by atoms with van der Waals surface area (Å²) in [7, 11) is 3.20. The van der Waals surface area contributed by atoms with E-state index in [2.05, 4.69) is 10.6 Å². The van der Waals surface area contributed by atoms with Crippen LogP contribution in [-0.2, 0) is 4.79 Å². The van der Waals surface area contributed by atoms with Crippen LogP contribution in [0.4, 0.5) is 10.5 Å². The van der Waals surface area contributed by atoms with Crippen LogP contribution in [-0.4, -0.2) is 44.1 Å². The number of hydrogen-bond donors (Lipinski definition) is 2. The summed E-state index contributed by atoms with van der Waals surface area (Å²) in [6.07, 6.45) is 1.54. The zero-order chi connectivity index (χ0) is 21.5. The van der Waals surface area contributed by atoms with Gasteiger partial charge in [0.1, 0.15) is 11.5 Å². The number of anilines is 1.